The van der Waals surface area contributed by atoms with Crippen molar-refractivity contribution in [1.82, 2.24) is 14.9 Å². The molecule has 0 fully saturated rings. The van der Waals surface area contributed by atoms with Crippen molar-refractivity contribution in [2.24, 2.45) is 0 Å². The van der Waals surface area contributed by atoms with Crippen LogP contribution in [0.1, 0.15) is 35.8 Å². The Kier molecular flexibility index (Phi) is 7.29. The second-order valence-electron chi connectivity index (χ2n) is 7.05. The smallest absolute Gasteiger partial charge is 0.251 e. The summed E-state index contributed by atoms with van der Waals surface area (Å²) in [6.07, 6.45) is 0. The first-order valence-electron chi connectivity index (χ1n) is 8.92. The summed E-state index contributed by atoms with van der Waals surface area (Å²) in [6.45, 7) is 3.69. The molecule has 0 aromatic heterocycles. The number of nitrogens with one attached hydrogen (secondary N) is 2. The van der Waals surface area contributed by atoms with Crippen LogP contribution in [0, 0.1) is 5.82 Å². The lowest BCUT2D eigenvalue weighted by atomic mass is 10.1. The minimum absolute atomic E-state index is 0.0307. The van der Waals surface area contributed by atoms with Crippen LogP contribution in [0.4, 0.5) is 4.39 Å². The molecule has 0 heterocycles. The van der Waals surface area contributed by atoms with Crippen LogP contribution in [0.5, 0.6) is 0 Å². The van der Waals surface area contributed by atoms with Gasteiger partial charge in [0.15, 0.2) is 0 Å². The lowest BCUT2D eigenvalue weighted by molar-refractivity contribution is 0.0941. The molecule has 2 N–H and O–H groups in total. The highest BCUT2D eigenvalue weighted by Gasteiger charge is 2.19. The Bertz CT molecular complexity index is 930. The summed E-state index contributed by atoms with van der Waals surface area (Å²) in [7, 11) is -0.00833. The molecule has 6 nitrogen and oxygen atoms in total. The van der Waals surface area contributed by atoms with Crippen LogP contribution >= 0.6 is 0 Å². The van der Waals surface area contributed by atoms with E-state index >= 15 is 0 Å². The molecule has 0 radical (unpaired) electrons. The molecule has 2 aromatic rings. The number of nitrogens with zero attached hydrogens (tertiary/aromatic N) is 1. The van der Waals surface area contributed by atoms with Crippen LogP contribution in [-0.4, -0.2) is 45.9 Å². The molecule has 8 heteroatoms. The lowest BCUT2D eigenvalue weighted by Crippen LogP contribution is -2.35. The molecule has 1 amide bonds. The predicted octanol–water partition coefficient (Wildman–Crippen LogP) is 2.55. The second-order valence-corrected chi connectivity index (χ2v) is 8.76. The zero-order chi connectivity index (χ0) is 20.9. The quantitative estimate of drug-likeness (QED) is 0.705. The van der Waals surface area contributed by atoms with Crippen LogP contribution in [0.15, 0.2) is 53.4 Å². The number of hydrogen-bond acceptors (Lipinski definition) is 4. The Morgan fingerprint density at radius 2 is 1.79 bits per heavy atom. The van der Waals surface area contributed by atoms with Gasteiger partial charge in [-0.15, -0.1) is 0 Å². The Balaban J connectivity index is 2.15. The van der Waals surface area contributed by atoms with Crippen LogP contribution in [0.25, 0.3) is 0 Å². The van der Waals surface area contributed by atoms with Crippen molar-refractivity contribution in [3.8, 4) is 0 Å². The van der Waals surface area contributed by atoms with Gasteiger partial charge in [-0.2, -0.15) is 0 Å². The zero-order valence-electron chi connectivity index (χ0n) is 16.4. The van der Waals surface area contributed by atoms with E-state index in [0.29, 0.717) is 0 Å². The van der Waals surface area contributed by atoms with Crippen molar-refractivity contribution in [2.75, 3.05) is 20.6 Å². The number of halogens is 1. The normalized spacial score (nSPS) is 13.0. The van der Waals surface area contributed by atoms with E-state index in [1.807, 2.05) is 19.0 Å². The number of likely N-dealkylation sites (N-methyl/N-ethyl adjacent to an activating group) is 1. The molecular formula is C20H26FN3O3S. The lowest BCUT2D eigenvalue weighted by Gasteiger charge is -2.25. The molecule has 0 aliphatic rings. The van der Waals surface area contributed by atoms with Gasteiger partial charge in [-0.3, -0.25) is 4.79 Å². The van der Waals surface area contributed by atoms with Gasteiger partial charge in [0, 0.05) is 18.2 Å². The van der Waals surface area contributed by atoms with Crippen molar-refractivity contribution in [3.63, 3.8) is 0 Å². The van der Waals surface area contributed by atoms with Gasteiger partial charge in [0.1, 0.15) is 5.82 Å². The topological polar surface area (TPSA) is 78.5 Å². The highest BCUT2D eigenvalue weighted by molar-refractivity contribution is 7.89. The number of rotatable bonds is 8. The summed E-state index contributed by atoms with van der Waals surface area (Å²) in [5.41, 5.74) is 0.978. The third-order valence-electron chi connectivity index (χ3n) is 4.11. The SMILES string of the molecule is CC(C)NS(=O)(=O)c1cccc(C(=O)NCC(c2cccc(F)c2)N(C)C)c1. The summed E-state index contributed by atoms with van der Waals surface area (Å²) in [5.74, 6) is -0.740. The summed E-state index contributed by atoms with van der Waals surface area (Å²) in [5, 5.41) is 2.80. The number of carbonyl (C=O) groups excluding carboxylic acids is 1. The average Bonchev–Trinajstić information content (AvgIpc) is 2.60. The molecule has 0 spiro atoms. The maximum Gasteiger partial charge on any atom is 0.251 e. The number of hydrogen-bond donors (Lipinski definition) is 2. The molecule has 2 rings (SSSR count). The Morgan fingerprint density at radius 3 is 2.39 bits per heavy atom. The van der Waals surface area contributed by atoms with Gasteiger partial charge in [0.05, 0.1) is 10.9 Å². The first kappa shape index (κ1) is 22.0. The highest BCUT2D eigenvalue weighted by atomic mass is 32.2. The van der Waals surface area contributed by atoms with E-state index in [2.05, 4.69) is 10.0 Å². The van der Waals surface area contributed by atoms with E-state index in [0.717, 1.165) is 5.56 Å². The molecule has 1 atom stereocenters. The number of sulfonamides is 1. The van der Waals surface area contributed by atoms with Crippen molar-refractivity contribution in [2.45, 2.75) is 30.8 Å². The fraction of sp³-hybridized carbons (Fsp3) is 0.350. The van der Waals surface area contributed by atoms with Crippen molar-refractivity contribution >= 4 is 15.9 Å². The van der Waals surface area contributed by atoms with E-state index in [1.54, 1.807) is 32.0 Å². The van der Waals surface area contributed by atoms with E-state index in [1.165, 1.54) is 30.3 Å². The monoisotopic (exact) mass is 407 g/mol. The molecule has 28 heavy (non-hydrogen) atoms. The standard InChI is InChI=1S/C20H26FN3O3S/c1-14(2)23-28(26,27)18-10-6-8-16(12-18)20(25)22-13-19(24(3)4)15-7-5-9-17(21)11-15/h5-12,14,19,23H,13H2,1-4H3,(H,22,25). The second kappa shape index (κ2) is 9.27. The van der Waals surface area contributed by atoms with E-state index < -0.39 is 15.9 Å². The van der Waals surface area contributed by atoms with Gasteiger partial charge in [-0.1, -0.05) is 18.2 Å². The van der Waals surface area contributed by atoms with Gasteiger partial charge >= 0.3 is 0 Å². The summed E-state index contributed by atoms with van der Waals surface area (Å²) < 4.78 is 40.6. The Hall–Kier alpha value is -2.29. The maximum absolute atomic E-state index is 13.5. The van der Waals surface area contributed by atoms with Crippen molar-refractivity contribution < 1.29 is 17.6 Å². The first-order chi connectivity index (χ1) is 13.1. The minimum atomic E-state index is -3.69. The molecule has 2 aromatic carbocycles. The van der Waals surface area contributed by atoms with Crippen LogP contribution in [0.3, 0.4) is 0 Å². The summed E-state index contributed by atoms with van der Waals surface area (Å²) >= 11 is 0. The molecular weight excluding hydrogens is 381 g/mol. The zero-order valence-corrected chi connectivity index (χ0v) is 17.3. The van der Waals surface area contributed by atoms with Crippen LogP contribution in [-0.2, 0) is 10.0 Å². The number of benzene rings is 2. The minimum Gasteiger partial charge on any atom is -0.350 e. The van der Waals surface area contributed by atoms with Gasteiger partial charge in [-0.05, 0) is 63.8 Å². The molecule has 0 aliphatic carbocycles. The molecule has 0 bridgehead atoms. The Labute approximate surface area is 165 Å². The molecule has 0 aliphatic heterocycles. The van der Waals surface area contributed by atoms with E-state index in [-0.39, 0.29) is 34.9 Å². The van der Waals surface area contributed by atoms with Gasteiger partial charge < -0.3 is 10.2 Å². The maximum atomic E-state index is 13.5. The van der Waals surface area contributed by atoms with E-state index in [4.69, 9.17) is 0 Å². The number of carbonyl (C=O) groups is 1. The fourth-order valence-corrected chi connectivity index (χ4v) is 4.08. The van der Waals surface area contributed by atoms with Crippen molar-refractivity contribution in [1.29, 1.82) is 0 Å². The average molecular weight is 408 g/mol. The third kappa shape index (κ3) is 5.85. The highest BCUT2D eigenvalue weighted by Crippen LogP contribution is 2.19. The van der Waals surface area contributed by atoms with Gasteiger partial charge in [0.2, 0.25) is 10.0 Å². The third-order valence-corrected chi connectivity index (χ3v) is 5.77. The summed E-state index contributed by atoms with van der Waals surface area (Å²) in [4.78, 5) is 14.5. The van der Waals surface area contributed by atoms with E-state index in [9.17, 15) is 17.6 Å². The largest absolute Gasteiger partial charge is 0.350 e. The predicted molar refractivity (Wildman–Crippen MR) is 107 cm³/mol. The van der Waals surface area contributed by atoms with Gasteiger partial charge in [0.25, 0.3) is 5.91 Å². The van der Waals surface area contributed by atoms with Crippen molar-refractivity contribution in [3.05, 3.63) is 65.5 Å². The van der Waals surface area contributed by atoms with Crippen LogP contribution < -0.4 is 10.0 Å². The molecule has 152 valence electrons. The fourth-order valence-electron chi connectivity index (χ4n) is 2.79. The van der Waals surface area contributed by atoms with Crippen LogP contribution in [0.2, 0.25) is 0 Å². The number of amides is 1. The first-order valence-corrected chi connectivity index (χ1v) is 10.4. The van der Waals surface area contributed by atoms with Gasteiger partial charge in [-0.25, -0.2) is 17.5 Å². The molecule has 0 saturated carbocycles. The molecule has 0 saturated heterocycles. The Morgan fingerprint density at radius 1 is 1.11 bits per heavy atom. The summed E-state index contributed by atoms with van der Waals surface area (Å²) in [6, 6.07) is 11.6. The molecule has 1 unspecified atom stereocenters.